The molecule has 0 radical (unpaired) electrons. The van der Waals surface area contributed by atoms with Gasteiger partial charge in [-0.3, -0.25) is 4.79 Å². The third-order valence-electron chi connectivity index (χ3n) is 0.565. The van der Waals surface area contributed by atoms with Gasteiger partial charge in [-0.15, -0.1) is 0 Å². The van der Waals surface area contributed by atoms with E-state index in [2.05, 4.69) is 0 Å². The Balaban J connectivity index is 0. The van der Waals surface area contributed by atoms with Crippen LogP contribution >= 0.6 is 0 Å². The summed E-state index contributed by atoms with van der Waals surface area (Å²) in [5.74, 6) is -1.21. The maximum atomic E-state index is 9.81. The molecule has 0 heterocycles. The second-order valence-corrected chi connectivity index (χ2v) is 1.80. The Hall–Kier alpha value is -0.590. The smallest absolute Gasteiger partial charge is 0.461 e. The molecule has 0 aliphatic carbocycles. The van der Waals surface area contributed by atoms with Crippen LogP contribution in [0.4, 0.5) is 0 Å². The standard InChI is InChI=1S/C3H5NO3S.H2O/c4-2(1-8-7)3(5)6;/h2H,1,4H2;1H2/p+1/t2-;/m0./s1. The van der Waals surface area contributed by atoms with E-state index in [1.165, 1.54) is 0 Å². The molecule has 5 N–H and O–H groups in total. The van der Waals surface area contributed by atoms with E-state index >= 15 is 0 Å². The Morgan fingerprint density at radius 3 is 2.33 bits per heavy atom. The van der Waals surface area contributed by atoms with Gasteiger partial charge < -0.3 is 16.3 Å². The van der Waals surface area contributed by atoms with Crippen LogP contribution in [0.2, 0.25) is 0 Å². The predicted octanol–water partition coefficient (Wildman–Crippen LogP) is -2.00. The molecule has 54 valence electrons. The van der Waals surface area contributed by atoms with Gasteiger partial charge in [0.25, 0.3) is 5.75 Å². The zero-order valence-corrected chi connectivity index (χ0v) is 5.35. The molecular formula is C3H8NO4S+. The van der Waals surface area contributed by atoms with Crippen LogP contribution < -0.4 is 5.73 Å². The van der Waals surface area contributed by atoms with E-state index in [0.29, 0.717) is 0 Å². The molecule has 0 saturated carbocycles. The van der Waals surface area contributed by atoms with Gasteiger partial charge in [-0.2, -0.15) is 0 Å². The van der Waals surface area contributed by atoms with E-state index in [1.807, 2.05) is 0 Å². The number of aliphatic carboxylic acids is 1. The van der Waals surface area contributed by atoms with Gasteiger partial charge in [0.05, 0.1) is 0 Å². The van der Waals surface area contributed by atoms with Crippen molar-refractivity contribution < 1.29 is 19.6 Å². The van der Waals surface area contributed by atoms with E-state index in [0.717, 1.165) is 0 Å². The summed E-state index contributed by atoms with van der Waals surface area (Å²) in [6, 6.07) is -1.02. The Bertz CT molecular complexity index is 106. The average molecular weight is 154 g/mol. The molecule has 0 aliphatic heterocycles. The van der Waals surface area contributed by atoms with Crippen LogP contribution in [0.3, 0.4) is 0 Å². The van der Waals surface area contributed by atoms with E-state index in [9.17, 15) is 9.00 Å². The van der Waals surface area contributed by atoms with Gasteiger partial charge in [0.1, 0.15) is 0 Å². The minimum atomic E-state index is -1.13. The van der Waals surface area contributed by atoms with Gasteiger partial charge in [-0.1, -0.05) is 0 Å². The fraction of sp³-hybridized carbons (Fsp3) is 0.667. The minimum absolute atomic E-state index is 0. The summed E-state index contributed by atoms with van der Waals surface area (Å²) >= 11 is 0.182. The number of hydrogen-bond acceptors (Lipinski definition) is 3. The number of rotatable bonds is 3. The lowest BCUT2D eigenvalue weighted by Gasteiger charge is -1.89. The number of carboxylic acid groups (broad SMARTS) is 1. The zero-order valence-electron chi connectivity index (χ0n) is 4.53. The minimum Gasteiger partial charge on any atom is -0.480 e. The molecule has 0 aromatic heterocycles. The normalized spacial score (nSPS) is 11.2. The molecule has 5 nitrogen and oxygen atoms in total. The maximum Gasteiger partial charge on any atom is 0.461 e. The molecule has 0 bridgehead atoms. The van der Waals surface area contributed by atoms with Crippen molar-refractivity contribution in [2.75, 3.05) is 5.75 Å². The molecule has 0 fully saturated rings. The van der Waals surface area contributed by atoms with Crippen molar-refractivity contribution in [3.8, 4) is 0 Å². The second-order valence-electron chi connectivity index (χ2n) is 1.23. The van der Waals surface area contributed by atoms with Gasteiger partial charge in [-0.05, 0) is 0 Å². The Morgan fingerprint density at radius 1 is 1.78 bits per heavy atom. The van der Waals surface area contributed by atoms with Crippen LogP contribution in [-0.2, 0) is 20.7 Å². The summed E-state index contributed by atoms with van der Waals surface area (Å²) in [6.07, 6.45) is 0. The molecule has 0 spiro atoms. The molecule has 0 aliphatic rings. The highest BCUT2D eigenvalue weighted by Crippen LogP contribution is 1.74. The zero-order chi connectivity index (χ0) is 6.57. The Kier molecular flexibility index (Phi) is 6.92. The van der Waals surface area contributed by atoms with E-state index in [-0.39, 0.29) is 22.9 Å². The van der Waals surface area contributed by atoms with Crippen LogP contribution in [0.5, 0.6) is 0 Å². The fourth-order valence-corrected chi connectivity index (χ4v) is 0.434. The molecule has 0 aromatic carbocycles. The SMILES string of the molecule is N[C@@H](C[S+]=O)C(=O)O.O. The van der Waals surface area contributed by atoms with Crippen LogP contribution in [0, 0.1) is 0 Å². The second kappa shape index (κ2) is 5.54. The third kappa shape index (κ3) is 5.28. The molecule has 0 rings (SSSR count). The average Bonchev–Trinajstić information content (AvgIpc) is 1.67. The summed E-state index contributed by atoms with van der Waals surface area (Å²) in [4.78, 5) is 9.81. The van der Waals surface area contributed by atoms with Crippen LogP contribution in [0.1, 0.15) is 0 Å². The fourth-order valence-electron chi connectivity index (χ4n) is 0.145. The van der Waals surface area contributed by atoms with Crippen molar-refractivity contribution in [3.05, 3.63) is 0 Å². The van der Waals surface area contributed by atoms with Crippen molar-refractivity contribution in [3.63, 3.8) is 0 Å². The van der Waals surface area contributed by atoms with Crippen molar-refractivity contribution in [2.45, 2.75) is 6.04 Å². The molecule has 1 atom stereocenters. The third-order valence-corrected chi connectivity index (χ3v) is 1.06. The first-order valence-electron chi connectivity index (χ1n) is 1.91. The lowest BCUT2D eigenvalue weighted by molar-refractivity contribution is -0.137. The largest absolute Gasteiger partial charge is 0.480 e. The van der Waals surface area contributed by atoms with Crippen LogP contribution in [0.15, 0.2) is 0 Å². The predicted molar refractivity (Wildman–Crippen MR) is 32.1 cm³/mol. The van der Waals surface area contributed by atoms with E-state index in [1.54, 1.807) is 0 Å². The summed E-state index contributed by atoms with van der Waals surface area (Å²) in [5.41, 5.74) is 4.91. The van der Waals surface area contributed by atoms with Crippen LogP contribution in [0.25, 0.3) is 0 Å². The molecule has 6 heteroatoms. The van der Waals surface area contributed by atoms with Gasteiger partial charge in [-0.25, -0.2) is 0 Å². The molecule has 0 aromatic rings. The first kappa shape index (κ1) is 11.2. The molecular weight excluding hydrogens is 146 g/mol. The summed E-state index contributed by atoms with van der Waals surface area (Å²) in [6.45, 7) is 0. The number of hydrogen-bond donors (Lipinski definition) is 2. The summed E-state index contributed by atoms with van der Waals surface area (Å²) in [7, 11) is 0. The van der Waals surface area contributed by atoms with Gasteiger partial charge in [0.2, 0.25) is 0 Å². The van der Waals surface area contributed by atoms with Gasteiger partial charge >= 0.3 is 17.6 Å². The maximum absolute atomic E-state index is 9.81. The van der Waals surface area contributed by atoms with Crippen molar-refractivity contribution in [2.24, 2.45) is 5.73 Å². The highest BCUT2D eigenvalue weighted by atomic mass is 32.1. The van der Waals surface area contributed by atoms with Gasteiger partial charge in [0, 0.05) is 4.21 Å². The van der Waals surface area contributed by atoms with Crippen molar-refractivity contribution in [1.82, 2.24) is 0 Å². The quantitative estimate of drug-likeness (QED) is 0.458. The molecule has 0 saturated heterocycles. The summed E-state index contributed by atoms with van der Waals surface area (Å²) in [5, 5.41) is 8.04. The molecule has 0 amide bonds. The highest BCUT2D eigenvalue weighted by Gasteiger charge is 2.17. The van der Waals surface area contributed by atoms with E-state index in [4.69, 9.17) is 10.8 Å². The number of carboxylic acids is 1. The Labute approximate surface area is 55.7 Å². The molecule has 0 unspecified atom stereocenters. The highest BCUT2D eigenvalue weighted by molar-refractivity contribution is 7.65. The lowest BCUT2D eigenvalue weighted by atomic mass is 10.4. The first-order chi connectivity index (χ1) is 3.68. The van der Waals surface area contributed by atoms with Crippen molar-refractivity contribution in [1.29, 1.82) is 0 Å². The van der Waals surface area contributed by atoms with E-state index < -0.39 is 12.0 Å². The lowest BCUT2D eigenvalue weighted by Crippen LogP contribution is -2.33. The first-order valence-corrected chi connectivity index (χ1v) is 2.82. The van der Waals surface area contributed by atoms with Crippen LogP contribution in [-0.4, -0.2) is 28.3 Å². The monoisotopic (exact) mass is 154 g/mol. The number of carbonyl (C=O) groups is 1. The topological polar surface area (TPSA) is 112 Å². The van der Waals surface area contributed by atoms with Gasteiger partial charge in [0.15, 0.2) is 6.04 Å². The Morgan fingerprint density at radius 2 is 2.22 bits per heavy atom. The number of nitrogens with two attached hydrogens (primary N) is 1. The van der Waals surface area contributed by atoms with Crippen molar-refractivity contribution >= 4 is 17.6 Å². The molecule has 9 heavy (non-hydrogen) atoms. The summed E-state index contributed by atoms with van der Waals surface area (Å²) < 4.78 is 9.62.